The van der Waals surface area contributed by atoms with Gasteiger partial charge in [0.15, 0.2) is 5.54 Å². The Bertz CT molecular complexity index is 484. The third kappa shape index (κ3) is 2.20. The maximum absolute atomic E-state index is 11.3. The molecule has 0 saturated heterocycles. The quantitative estimate of drug-likeness (QED) is 0.897. The van der Waals surface area contributed by atoms with Gasteiger partial charge in [-0.15, -0.1) is 0 Å². The summed E-state index contributed by atoms with van der Waals surface area (Å²) < 4.78 is 0. The van der Waals surface area contributed by atoms with E-state index in [1.54, 1.807) is 6.07 Å². The zero-order valence-electron chi connectivity index (χ0n) is 9.61. The molecule has 0 fully saturated rings. The van der Waals surface area contributed by atoms with Crippen LogP contribution >= 0.6 is 11.6 Å². The second-order valence-electron chi connectivity index (χ2n) is 4.26. The lowest BCUT2D eigenvalue weighted by molar-refractivity contribution is -0.143. The topological polar surface area (TPSA) is 49.7 Å². The number of benzene rings is 1. The molecular formula is C13H14ClNO2. The molecule has 1 aliphatic heterocycles. The van der Waals surface area contributed by atoms with Crippen molar-refractivity contribution in [3.05, 3.63) is 34.9 Å². The van der Waals surface area contributed by atoms with Crippen LogP contribution in [0.15, 0.2) is 29.3 Å². The lowest BCUT2D eigenvalue weighted by atomic mass is 9.94. The van der Waals surface area contributed by atoms with E-state index in [1.165, 1.54) is 0 Å². The van der Waals surface area contributed by atoms with Crippen LogP contribution in [0.4, 0.5) is 0 Å². The zero-order valence-corrected chi connectivity index (χ0v) is 10.4. The van der Waals surface area contributed by atoms with E-state index in [4.69, 9.17) is 11.6 Å². The molecule has 1 aliphatic rings. The summed E-state index contributed by atoms with van der Waals surface area (Å²) in [6.07, 6.45) is 1.79. The molecule has 0 spiro atoms. The number of hydrogen-bond acceptors (Lipinski definition) is 2. The maximum atomic E-state index is 11.3. The average molecular weight is 252 g/mol. The fourth-order valence-electron chi connectivity index (χ4n) is 2.13. The molecule has 0 saturated carbocycles. The number of nitrogens with zero attached hydrogens (tertiary/aromatic N) is 1. The number of hydrogen-bond donors (Lipinski definition) is 1. The molecule has 1 aromatic carbocycles. The van der Waals surface area contributed by atoms with E-state index in [1.807, 2.05) is 25.1 Å². The highest BCUT2D eigenvalue weighted by Gasteiger charge is 2.40. The normalized spacial score (nSPS) is 23.5. The molecule has 0 bridgehead atoms. The SMILES string of the molecule is CCC1(C(=O)O)CCC(c2cccc(Cl)c2)=N1. The summed E-state index contributed by atoms with van der Waals surface area (Å²) in [5, 5.41) is 9.90. The van der Waals surface area contributed by atoms with E-state index in [0.29, 0.717) is 24.3 Å². The van der Waals surface area contributed by atoms with Gasteiger partial charge in [-0.1, -0.05) is 30.7 Å². The van der Waals surface area contributed by atoms with Crippen LogP contribution in [0.3, 0.4) is 0 Å². The van der Waals surface area contributed by atoms with Crippen LogP contribution in [-0.4, -0.2) is 22.3 Å². The molecule has 1 heterocycles. The minimum Gasteiger partial charge on any atom is -0.479 e. The Kier molecular flexibility index (Phi) is 3.20. The minimum absolute atomic E-state index is 0.520. The third-order valence-corrected chi connectivity index (χ3v) is 3.50. The highest BCUT2D eigenvalue weighted by Crippen LogP contribution is 2.32. The largest absolute Gasteiger partial charge is 0.479 e. The van der Waals surface area contributed by atoms with E-state index in [0.717, 1.165) is 11.3 Å². The number of carboxylic acids is 1. The standard InChI is InChI=1S/C13H14ClNO2/c1-2-13(12(16)17)7-6-11(15-13)9-4-3-5-10(14)8-9/h3-5,8H,2,6-7H2,1H3,(H,16,17). The summed E-state index contributed by atoms with van der Waals surface area (Å²) in [7, 11) is 0. The minimum atomic E-state index is -0.933. The molecule has 0 aliphatic carbocycles. The lowest BCUT2D eigenvalue weighted by Crippen LogP contribution is -2.33. The molecule has 17 heavy (non-hydrogen) atoms. The van der Waals surface area contributed by atoms with Crippen LogP contribution < -0.4 is 0 Å². The lowest BCUT2D eigenvalue weighted by Gasteiger charge is -2.17. The fourth-order valence-corrected chi connectivity index (χ4v) is 2.32. The Morgan fingerprint density at radius 3 is 2.88 bits per heavy atom. The van der Waals surface area contributed by atoms with Crippen LogP contribution in [0, 0.1) is 0 Å². The molecule has 1 atom stereocenters. The number of aliphatic carboxylic acids is 1. The Morgan fingerprint density at radius 2 is 2.35 bits per heavy atom. The monoisotopic (exact) mass is 251 g/mol. The van der Waals surface area contributed by atoms with E-state index in [-0.39, 0.29) is 0 Å². The fraction of sp³-hybridized carbons (Fsp3) is 0.385. The van der Waals surface area contributed by atoms with E-state index in [2.05, 4.69) is 4.99 Å². The van der Waals surface area contributed by atoms with Gasteiger partial charge >= 0.3 is 5.97 Å². The zero-order chi connectivity index (χ0) is 12.5. The Morgan fingerprint density at radius 1 is 1.59 bits per heavy atom. The summed E-state index contributed by atoms with van der Waals surface area (Å²) in [5.41, 5.74) is 0.836. The van der Waals surface area contributed by atoms with Crippen LogP contribution in [0.1, 0.15) is 31.7 Å². The molecule has 1 N–H and O–H groups in total. The van der Waals surface area contributed by atoms with Crippen LogP contribution in [0.2, 0.25) is 5.02 Å². The second-order valence-corrected chi connectivity index (χ2v) is 4.70. The molecule has 1 unspecified atom stereocenters. The van der Waals surface area contributed by atoms with E-state index in [9.17, 15) is 9.90 Å². The van der Waals surface area contributed by atoms with Crippen molar-refractivity contribution >= 4 is 23.3 Å². The van der Waals surface area contributed by atoms with Crippen molar-refractivity contribution in [2.75, 3.05) is 0 Å². The first-order valence-electron chi connectivity index (χ1n) is 5.65. The van der Waals surface area contributed by atoms with Gasteiger partial charge in [0.25, 0.3) is 0 Å². The smallest absolute Gasteiger partial charge is 0.331 e. The number of aliphatic imine (C=N–C) groups is 1. The summed E-state index contributed by atoms with van der Waals surface area (Å²) in [4.78, 5) is 15.7. The Labute approximate surface area is 105 Å². The maximum Gasteiger partial charge on any atom is 0.331 e. The molecule has 0 amide bonds. The number of carboxylic acid groups (broad SMARTS) is 1. The predicted octanol–water partition coefficient (Wildman–Crippen LogP) is 3.16. The van der Waals surface area contributed by atoms with Crippen molar-refractivity contribution in [1.29, 1.82) is 0 Å². The summed E-state index contributed by atoms with van der Waals surface area (Å²) in [5.74, 6) is -0.836. The van der Waals surface area contributed by atoms with Gasteiger partial charge in [0.05, 0.1) is 0 Å². The molecule has 0 radical (unpaired) electrons. The molecular weight excluding hydrogens is 238 g/mol. The van der Waals surface area contributed by atoms with Crippen molar-refractivity contribution in [2.45, 2.75) is 31.7 Å². The van der Waals surface area contributed by atoms with Crippen molar-refractivity contribution in [3.63, 3.8) is 0 Å². The first-order valence-corrected chi connectivity index (χ1v) is 6.03. The van der Waals surface area contributed by atoms with E-state index >= 15 is 0 Å². The molecule has 2 rings (SSSR count). The molecule has 4 heteroatoms. The van der Waals surface area contributed by atoms with Crippen molar-refractivity contribution < 1.29 is 9.90 Å². The van der Waals surface area contributed by atoms with Gasteiger partial charge in [0.2, 0.25) is 0 Å². The average Bonchev–Trinajstić information content (AvgIpc) is 2.74. The molecule has 1 aromatic rings. The van der Waals surface area contributed by atoms with Gasteiger partial charge in [-0.25, -0.2) is 4.79 Å². The van der Waals surface area contributed by atoms with Crippen molar-refractivity contribution in [3.8, 4) is 0 Å². The van der Waals surface area contributed by atoms with Gasteiger partial charge < -0.3 is 5.11 Å². The summed E-state index contributed by atoms with van der Waals surface area (Å²) in [6, 6.07) is 7.39. The third-order valence-electron chi connectivity index (χ3n) is 3.27. The number of carbonyl (C=O) groups is 1. The van der Waals surface area contributed by atoms with Gasteiger partial charge in [-0.2, -0.15) is 0 Å². The second kappa shape index (κ2) is 4.49. The first-order chi connectivity index (χ1) is 8.07. The first kappa shape index (κ1) is 12.1. The highest BCUT2D eigenvalue weighted by molar-refractivity contribution is 6.31. The Balaban J connectivity index is 2.36. The van der Waals surface area contributed by atoms with Gasteiger partial charge in [-0.05, 0) is 37.0 Å². The number of rotatable bonds is 3. The highest BCUT2D eigenvalue weighted by atomic mass is 35.5. The van der Waals surface area contributed by atoms with Gasteiger partial charge in [-0.3, -0.25) is 4.99 Å². The Hall–Kier alpha value is -1.35. The van der Waals surface area contributed by atoms with Crippen LogP contribution in [0.5, 0.6) is 0 Å². The predicted molar refractivity (Wildman–Crippen MR) is 67.9 cm³/mol. The van der Waals surface area contributed by atoms with Crippen molar-refractivity contribution in [2.24, 2.45) is 4.99 Å². The molecule has 0 aromatic heterocycles. The van der Waals surface area contributed by atoms with Crippen molar-refractivity contribution in [1.82, 2.24) is 0 Å². The van der Waals surface area contributed by atoms with Crippen LogP contribution in [0.25, 0.3) is 0 Å². The molecule has 90 valence electrons. The van der Waals surface area contributed by atoms with Gasteiger partial charge in [0.1, 0.15) is 0 Å². The molecule has 3 nitrogen and oxygen atoms in total. The van der Waals surface area contributed by atoms with Crippen LogP contribution in [-0.2, 0) is 4.79 Å². The summed E-state index contributed by atoms with van der Waals surface area (Å²) >= 11 is 5.92. The number of halogens is 1. The van der Waals surface area contributed by atoms with Gasteiger partial charge in [0, 0.05) is 10.7 Å². The van der Waals surface area contributed by atoms with E-state index < -0.39 is 11.5 Å². The summed E-state index contributed by atoms with van der Waals surface area (Å²) in [6.45, 7) is 1.86.